The molecule has 214 valence electrons. The molecule has 46 heavy (non-hydrogen) atoms. The van der Waals surface area contributed by atoms with Crippen molar-refractivity contribution >= 4 is 82.6 Å². The highest BCUT2D eigenvalue weighted by Crippen LogP contribution is 2.50. The molecule has 1 aliphatic rings. The Morgan fingerprint density at radius 1 is 0.348 bits per heavy atom. The summed E-state index contributed by atoms with van der Waals surface area (Å²) in [4.78, 5) is 2.40. The average molecular weight is 588 g/mol. The van der Waals surface area contributed by atoms with Crippen LogP contribution in [0.15, 0.2) is 156 Å². The van der Waals surface area contributed by atoms with Gasteiger partial charge in [-0.1, -0.05) is 78.9 Å². The van der Waals surface area contributed by atoms with E-state index in [1.165, 1.54) is 60.7 Å². The lowest BCUT2D eigenvalue weighted by Crippen LogP contribution is -2.17. The zero-order chi connectivity index (χ0) is 29.9. The van der Waals surface area contributed by atoms with Crippen molar-refractivity contribution in [1.82, 2.24) is 9.13 Å². The van der Waals surface area contributed by atoms with Crippen molar-refractivity contribution in [2.75, 3.05) is 4.90 Å². The Balaban J connectivity index is 1.27. The van der Waals surface area contributed by atoms with Gasteiger partial charge in [0.1, 0.15) is 11.2 Å². The van der Waals surface area contributed by atoms with Crippen molar-refractivity contribution in [2.24, 2.45) is 0 Å². The lowest BCUT2D eigenvalue weighted by atomic mass is 10.1. The molecule has 0 atom stereocenters. The molecule has 7 aromatic carbocycles. The van der Waals surface area contributed by atoms with Crippen LogP contribution < -0.4 is 4.90 Å². The van der Waals surface area contributed by atoms with Gasteiger partial charge in [0.2, 0.25) is 0 Å². The van der Waals surface area contributed by atoms with E-state index in [2.05, 4.69) is 154 Å². The maximum Gasteiger partial charge on any atom is 0.135 e. The van der Waals surface area contributed by atoms with Crippen molar-refractivity contribution in [3.63, 3.8) is 0 Å². The minimum absolute atomic E-state index is 0.905. The second-order valence-electron chi connectivity index (χ2n) is 12.2. The van der Waals surface area contributed by atoms with Crippen molar-refractivity contribution in [1.29, 1.82) is 0 Å². The standard InChI is InChI=1S/C42H25N3O/c1-2-11-26(12-3-1)43-35-17-7-8-18-36(35)45-39-25-38-31(24-32(39)30-15-10-19-37(43)42(30)45)28-13-4-6-16-34(28)44(38)27-21-22-41-33(23-27)29-14-5-9-20-40(29)46-41/h1-25H. The highest BCUT2D eigenvalue weighted by atomic mass is 16.3. The predicted octanol–water partition coefficient (Wildman–Crippen LogP) is 11.6. The Bertz CT molecular complexity index is 2870. The average Bonchev–Trinajstić information content (AvgIpc) is 3.76. The number of benzene rings is 7. The van der Waals surface area contributed by atoms with E-state index in [0.717, 1.165) is 33.3 Å². The van der Waals surface area contributed by atoms with Crippen molar-refractivity contribution in [2.45, 2.75) is 0 Å². The Labute approximate surface area is 263 Å². The van der Waals surface area contributed by atoms with Crippen LogP contribution in [0.3, 0.4) is 0 Å². The lowest BCUT2D eigenvalue weighted by molar-refractivity contribution is 0.669. The third kappa shape index (κ3) is 3.03. The molecule has 4 heteroatoms. The molecular weight excluding hydrogens is 562 g/mol. The second-order valence-corrected chi connectivity index (χ2v) is 12.2. The number of hydrogen-bond acceptors (Lipinski definition) is 2. The summed E-state index contributed by atoms with van der Waals surface area (Å²) in [7, 11) is 0. The molecule has 4 heterocycles. The fourth-order valence-corrected chi connectivity index (χ4v) is 7.90. The number of anilines is 3. The Hall–Kier alpha value is -6.26. The van der Waals surface area contributed by atoms with E-state index in [4.69, 9.17) is 4.42 Å². The fourth-order valence-electron chi connectivity index (χ4n) is 7.90. The van der Waals surface area contributed by atoms with Gasteiger partial charge in [0, 0.05) is 43.7 Å². The molecule has 0 fully saturated rings. The molecule has 4 nitrogen and oxygen atoms in total. The smallest absolute Gasteiger partial charge is 0.135 e. The third-order valence-electron chi connectivity index (χ3n) is 9.80. The van der Waals surface area contributed by atoms with Gasteiger partial charge in [-0.2, -0.15) is 0 Å². The van der Waals surface area contributed by atoms with E-state index in [9.17, 15) is 0 Å². The van der Waals surface area contributed by atoms with Gasteiger partial charge in [0.25, 0.3) is 0 Å². The summed E-state index contributed by atoms with van der Waals surface area (Å²) in [6, 6.07) is 54.6. The van der Waals surface area contributed by atoms with Gasteiger partial charge in [0.15, 0.2) is 0 Å². The van der Waals surface area contributed by atoms with Gasteiger partial charge in [-0.15, -0.1) is 0 Å². The summed E-state index contributed by atoms with van der Waals surface area (Å²) in [6.45, 7) is 0. The number of hydrogen-bond donors (Lipinski definition) is 0. The van der Waals surface area contributed by atoms with Gasteiger partial charge in [-0.25, -0.2) is 0 Å². The number of nitrogens with zero attached hydrogens (tertiary/aromatic N) is 3. The number of furan rings is 1. The summed E-state index contributed by atoms with van der Waals surface area (Å²) >= 11 is 0. The highest BCUT2D eigenvalue weighted by molar-refractivity contribution is 6.22. The van der Waals surface area contributed by atoms with Crippen LogP contribution in [0.1, 0.15) is 0 Å². The van der Waals surface area contributed by atoms with E-state index in [-0.39, 0.29) is 0 Å². The first-order chi connectivity index (χ1) is 22.8. The minimum atomic E-state index is 0.905. The maximum absolute atomic E-state index is 6.20. The first kappa shape index (κ1) is 24.1. The molecule has 0 radical (unpaired) electrons. The quantitative estimate of drug-likeness (QED) is 0.201. The second kappa shape index (κ2) is 8.68. The molecule has 0 saturated carbocycles. The van der Waals surface area contributed by atoms with E-state index >= 15 is 0 Å². The molecule has 0 bridgehead atoms. The first-order valence-electron chi connectivity index (χ1n) is 15.7. The van der Waals surface area contributed by atoms with Gasteiger partial charge < -0.3 is 18.5 Å². The van der Waals surface area contributed by atoms with Crippen molar-refractivity contribution in [3.05, 3.63) is 152 Å². The molecule has 0 N–H and O–H groups in total. The van der Waals surface area contributed by atoms with Crippen LogP contribution in [0, 0.1) is 0 Å². The number of para-hydroxylation sites is 6. The normalized spacial score (nSPS) is 12.7. The predicted molar refractivity (Wildman–Crippen MR) is 191 cm³/mol. The summed E-state index contributed by atoms with van der Waals surface area (Å²) < 4.78 is 11.1. The molecule has 11 rings (SSSR count). The monoisotopic (exact) mass is 587 g/mol. The van der Waals surface area contributed by atoms with Crippen LogP contribution in [0.4, 0.5) is 17.1 Å². The number of rotatable bonds is 2. The van der Waals surface area contributed by atoms with Crippen LogP contribution in [-0.2, 0) is 0 Å². The van der Waals surface area contributed by atoms with E-state index in [1.54, 1.807) is 0 Å². The molecule has 0 saturated heterocycles. The molecule has 0 amide bonds. The highest BCUT2D eigenvalue weighted by Gasteiger charge is 2.29. The van der Waals surface area contributed by atoms with Crippen LogP contribution >= 0.6 is 0 Å². The molecular formula is C42H25N3O. The van der Waals surface area contributed by atoms with Crippen LogP contribution in [-0.4, -0.2) is 9.13 Å². The Morgan fingerprint density at radius 2 is 1.02 bits per heavy atom. The summed E-state index contributed by atoms with van der Waals surface area (Å²) in [6.07, 6.45) is 0. The summed E-state index contributed by atoms with van der Waals surface area (Å²) in [5.41, 5.74) is 12.4. The fraction of sp³-hybridized carbons (Fsp3) is 0. The van der Waals surface area contributed by atoms with E-state index in [1.807, 2.05) is 12.1 Å². The summed E-state index contributed by atoms with van der Waals surface area (Å²) in [5, 5.41) is 7.27. The first-order valence-corrected chi connectivity index (χ1v) is 15.7. The molecule has 3 aromatic heterocycles. The summed E-state index contributed by atoms with van der Waals surface area (Å²) in [5.74, 6) is 0. The van der Waals surface area contributed by atoms with E-state index in [0.29, 0.717) is 0 Å². The van der Waals surface area contributed by atoms with Gasteiger partial charge in [0.05, 0.1) is 39.1 Å². The van der Waals surface area contributed by atoms with Crippen molar-refractivity contribution < 1.29 is 4.42 Å². The van der Waals surface area contributed by atoms with Gasteiger partial charge in [-0.05, 0) is 72.8 Å². The zero-order valence-electron chi connectivity index (χ0n) is 24.7. The lowest BCUT2D eigenvalue weighted by Gasteiger charge is -2.33. The number of fused-ring (bicyclic) bond motifs is 11. The Kier molecular flexibility index (Phi) is 4.55. The van der Waals surface area contributed by atoms with E-state index < -0.39 is 0 Å². The molecule has 0 aliphatic carbocycles. The van der Waals surface area contributed by atoms with Gasteiger partial charge in [-0.3, -0.25) is 0 Å². The molecule has 10 aromatic rings. The molecule has 1 aliphatic heterocycles. The number of aromatic nitrogens is 2. The zero-order valence-corrected chi connectivity index (χ0v) is 24.7. The SMILES string of the molecule is c1ccc(N2c3ccccc3-n3c4cc5c(cc4c4cccc2c43)c2ccccc2n5-c2ccc3oc4ccccc4c3c2)cc1. The van der Waals surface area contributed by atoms with Crippen LogP contribution in [0.2, 0.25) is 0 Å². The van der Waals surface area contributed by atoms with Crippen LogP contribution in [0.25, 0.3) is 76.9 Å². The van der Waals surface area contributed by atoms with Gasteiger partial charge >= 0.3 is 0 Å². The third-order valence-corrected chi connectivity index (χ3v) is 9.80. The molecule has 0 spiro atoms. The Morgan fingerprint density at radius 3 is 1.93 bits per heavy atom. The van der Waals surface area contributed by atoms with Crippen molar-refractivity contribution in [3.8, 4) is 11.4 Å². The maximum atomic E-state index is 6.20. The molecule has 0 unspecified atom stereocenters. The topological polar surface area (TPSA) is 26.2 Å². The van der Waals surface area contributed by atoms with Crippen LogP contribution in [0.5, 0.6) is 0 Å². The largest absolute Gasteiger partial charge is 0.456 e. The minimum Gasteiger partial charge on any atom is -0.456 e.